The molecule has 1 aliphatic rings. The first-order valence-corrected chi connectivity index (χ1v) is 14.2. The molecule has 1 saturated heterocycles. The lowest BCUT2D eigenvalue weighted by Crippen LogP contribution is -2.39. The molecule has 2 aromatic carbocycles. The van der Waals surface area contributed by atoms with Crippen molar-refractivity contribution in [3.8, 4) is 5.06 Å². The van der Waals surface area contributed by atoms with Gasteiger partial charge in [0.25, 0.3) is 0 Å². The zero-order valence-electron chi connectivity index (χ0n) is 19.8. The first kappa shape index (κ1) is 24.7. The van der Waals surface area contributed by atoms with Crippen LogP contribution < -0.4 is 4.74 Å². The van der Waals surface area contributed by atoms with Gasteiger partial charge in [0.2, 0.25) is 0 Å². The highest BCUT2D eigenvalue weighted by Crippen LogP contribution is 2.38. The maximum atomic E-state index is 14.0. The van der Waals surface area contributed by atoms with Gasteiger partial charge in [-0.05, 0) is 79.0 Å². The molecule has 1 aliphatic heterocycles. The minimum atomic E-state index is -1.43. The molecule has 2 unspecified atom stereocenters. The molecule has 0 radical (unpaired) electrons. The largest absolute Gasteiger partial charge is 0.478 e. The number of aromatic nitrogens is 2. The maximum Gasteiger partial charge on any atom is 0.190 e. The second kappa shape index (κ2) is 11.9. The van der Waals surface area contributed by atoms with E-state index in [-0.39, 0.29) is 12.4 Å². The Balaban J connectivity index is 1.31. The molecule has 2 aromatic heterocycles. The third-order valence-corrected chi connectivity index (χ3v) is 9.08. The van der Waals surface area contributed by atoms with Crippen LogP contribution in [-0.2, 0) is 23.8 Å². The van der Waals surface area contributed by atoms with Crippen molar-refractivity contribution in [3.05, 3.63) is 107 Å². The molecule has 3 heterocycles. The molecular formula is C28H28FN3O2S2. The predicted molar refractivity (Wildman–Crippen MR) is 141 cm³/mol. The smallest absolute Gasteiger partial charge is 0.190 e. The van der Waals surface area contributed by atoms with Crippen LogP contribution in [0.2, 0.25) is 0 Å². The third kappa shape index (κ3) is 6.06. The standard InChI is InChI=1S/C28H28FN3O2S2/c29-24-9-7-23(8-10-24)20-34-28-25(13-18-35-28)36(33)27(26-30-14-4-15-31-26)32-16-11-22(12-17-32)19-21-5-2-1-3-6-21/h1-10,13-15,18,22,27H,11-12,16-17,19-20H2. The van der Waals surface area contributed by atoms with E-state index in [9.17, 15) is 8.60 Å². The summed E-state index contributed by atoms with van der Waals surface area (Å²) in [5.41, 5.74) is 2.22. The van der Waals surface area contributed by atoms with Crippen LogP contribution in [0.3, 0.4) is 0 Å². The van der Waals surface area contributed by atoms with E-state index in [1.807, 2.05) is 17.5 Å². The molecule has 0 saturated carbocycles. The summed E-state index contributed by atoms with van der Waals surface area (Å²) in [6, 6.07) is 20.5. The van der Waals surface area contributed by atoms with Gasteiger partial charge in [0, 0.05) is 12.4 Å². The van der Waals surface area contributed by atoms with Crippen molar-refractivity contribution >= 4 is 22.1 Å². The summed E-state index contributed by atoms with van der Waals surface area (Å²) in [4.78, 5) is 11.9. The molecule has 0 bridgehead atoms. The molecular weight excluding hydrogens is 493 g/mol. The van der Waals surface area contributed by atoms with Crippen molar-refractivity contribution in [1.29, 1.82) is 0 Å². The Kier molecular flexibility index (Phi) is 8.15. The SMILES string of the molecule is O=S(c1ccsc1OCc1ccc(F)cc1)C(c1ncccn1)N1CCC(Cc2ccccc2)CC1. The Bertz CT molecular complexity index is 1260. The summed E-state index contributed by atoms with van der Waals surface area (Å²) in [7, 11) is -1.43. The summed E-state index contributed by atoms with van der Waals surface area (Å²) < 4.78 is 33.3. The van der Waals surface area contributed by atoms with Crippen LogP contribution in [-0.4, -0.2) is 32.2 Å². The highest BCUT2D eigenvalue weighted by atomic mass is 32.2. The highest BCUT2D eigenvalue weighted by Gasteiger charge is 2.34. The van der Waals surface area contributed by atoms with Gasteiger partial charge in [-0.15, -0.1) is 11.3 Å². The van der Waals surface area contributed by atoms with Gasteiger partial charge >= 0.3 is 0 Å². The van der Waals surface area contributed by atoms with E-state index in [0.717, 1.165) is 37.9 Å². The van der Waals surface area contributed by atoms with E-state index in [1.165, 1.54) is 29.0 Å². The first-order chi connectivity index (χ1) is 17.7. The summed E-state index contributed by atoms with van der Waals surface area (Å²) in [5, 5.41) is 2.05. The lowest BCUT2D eigenvalue weighted by atomic mass is 9.90. The van der Waals surface area contributed by atoms with Crippen LogP contribution in [0, 0.1) is 11.7 Å². The number of piperidine rings is 1. The van der Waals surface area contributed by atoms with Crippen molar-refractivity contribution in [1.82, 2.24) is 14.9 Å². The first-order valence-electron chi connectivity index (χ1n) is 12.1. The van der Waals surface area contributed by atoms with Crippen molar-refractivity contribution in [3.63, 3.8) is 0 Å². The Morgan fingerprint density at radius 3 is 2.42 bits per heavy atom. The molecule has 1 fully saturated rings. The van der Waals surface area contributed by atoms with E-state index in [0.29, 0.717) is 21.7 Å². The number of thiophene rings is 1. The average molecular weight is 522 g/mol. The number of likely N-dealkylation sites (tertiary alicyclic amines) is 1. The maximum absolute atomic E-state index is 14.0. The fraction of sp³-hybridized carbons (Fsp3) is 0.286. The highest BCUT2D eigenvalue weighted by molar-refractivity contribution is 7.85. The number of hydrogen-bond acceptors (Lipinski definition) is 6. The van der Waals surface area contributed by atoms with E-state index < -0.39 is 16.2 Å². The van der Waals surface area contributed by atoms with Crippen LogP contribution in [0.15, 0.2) is 89.4 Å². The normalized spacial score (nSPS) is 16.5. The van der Waals surface area contributed by atoms with E-state index in [1.54, 1.807) is 30.6 Å². The van der Waals surface area contributed by atoms with Crippen molar-refractivity contribution < 1.29 is 13.3 Å². The summed E-state index contributed by atoms with van der Waals surface area (Å²) in [6.45, 7) is 1.95. The van der Waals surface area contributed by atoms with Crippen LogP contribution in [0.1, 0.15) is 35.2 Å². The summed E-state index contributed by atoms with van der Waals surface area (Å²) >= 11 is 1.41. The number of benzene rings is 2. The molecule has 0 aliphatic carbocycles. The lowest BCUT2D eigenvalue weighted by Gasteiger charge is -2.36. The van der Waals surface area contributed by atoms with Crippen molar-refractivity contribution in [2.24, 2.45) is 5.92 Å². The number of halogens is 1. The molecule has 2 atom stereocenters. The van der Waals surface area contributed by atoms with E-state index in [2.05, 4.69) is 39.1 Å². The molecule has 186 valence electrons. The van der Waals surface area contributed by atoms with E-state index >= 15 is 0 Å². The van der Waals surface area contributed by atoms with Gasteiger partial charge in [-0.2, -0.15) is 0 Å². The molecule has 4 aromatic rings. The van der Waals surface area contributed by atoms with Crippen LogP contribution in [0.5, 0.6) is 5.06 Å². The minimum absolute atomic E-state index is 0.280. The van der Waals surface area contributed by atoms with Gasteiger partial charge in [-0.25, -0.2) is 14.4 Å². The number of ether oxygens (including phenoxy) is 1. The van der Waals surface area contributed by atoms with Crippen molar-refractivity contribution in [2.45, 2.75) is 36.1 Å². The van der Waals surface area contributed by atoms with Gasteiger partial charge in [-0.1, -0.05) is 42.5 Å². The lowest BCUT2D eigenvalue weighted by molar-refractivity contribution is 0.166. The fourth-order valence-corrected chi connectivity index (χ4v) is 7.14. The average Bonchev–Trinajstić information content (AvgIpc) is 3.39. The Hall–Kier alpha value is -2.94. The second-order valence-electron chi connectivity index (χ2n) is 8.91. The second-order valence-corrected chi connectivity index (χ2v) is 11.3. The van der Waals surface area contributed by atoms with Crippen LogP contribution in [0.25, 0.3) is 0 Å². The molecule has 8 heteroatoms. The molecule has 0 N–H and O–H groups in total. The molecule has 5 nitrogen and oxygen atoms in total. The van der Waals surface area contributed by atoms with Gasteiger partial charge in [0.15, 0.2) is 16.3 Å². The van der Waals surface area contributed by atoms with Gasteiger partial charge in [0.05, 0.1) is 15.7 Å². The zero-order chi connectivity index (χ0) is 24.7. The third-order valence-electron chi connectivity index (χ3n) is 6.45. The monoisotopic (exact) mass is 521 g/mol. The fourth-order valence-electron chi connectivity index (χ4n) is 4.56. The quantitative estimate of drug-likeness (QED) is 0.270. The molecule has 0 amide bonds. The van der Waals surface area contributed by atoms with Crippen LogP contribution >= 0.6 is 11.3 Å². The van der Waals surface area contributed by atoms with Gasteiger partial charge in [-0.3, -0.25) is 9.11 Å². The number of nitrogens with zero attached hydrogens (tertiary/aromatic N) is 3. The van der Waals surface area contributed by atoms with E-state index in [4.69, 9.17) is 4.74 Å². The zero-order valence-corrected chi connectivity index (χ0v) is 21.5. The molecule has 5 rings (SSSR count). The summed E-state index contributed by atoms with van der Waals surface area (Å²) in [5.74, 6) is 0.883. The Labute approximate surface area is 217 Å². The number of hydrogen-bond donors (Lipinski definition) is 0. The molecule has 0 spiro atoms. The molecule has 36 heavy (non-hydrogen) atoms. The number of rotatable bonds is 9. The van der Waals surface area contributed by atoms with Crippen molar-refractivity contribution in [2.75, 3.05) is 13.1 Å². The minimum Gasteiger partial charge on any atom is -0.478 e. The van der Waals surface area contributed by atoms with Gasteiger partial charge < -0.3 is 4.74 Å². The Morgan fingerprint density at radius 2 is 1.69 bits per heavy atom. The topological polar surface area (TPSA) is 55.3 Å². The van der Waals surface area contributed by atoms with Gasteiger partial charge in [0.1, 0.15) is 12.4 Å². The summed E-state index contributed by atoms with van der Waals surface area (Å²) in [6.07, 6.45) is 6.54. The van der Waals surface area contributed by atoms with Crippen LogP contribution in [0.4, 0.5) is 4.39 Å². The Morgan fingerprint density at radius 1 is 0.972 bits per heavy atom. The predicted octanol–water partition coefficient (Wildman–Crippen LogP) is 6.02.